The molecule has 1 N–H and O–H groups in total. The minimum Gasteiger partial charge on any atom is -0.376 e. The Hall–Kier alpha value is -2.20. The predicted octanol–water partition coefficient (Wildman–Crippen LogP) is 5.79. The van der Waals surface area contributed by atoms with E-state index in [4.69, 9.17) is 4.74 Å². The standard InChI is InChI=1S/C25H34N2O2.CH4/c1-23(2,3)20-17-19(11-10-18(20)12-16-29-24(4,5)6)22(28)27-25(13-14-25)21-9-7-8-15-26-21;/h7-11,15,17H,12-14,16H2,1-6H3,(H,27,28);1H4. The fraction of sp³-hybridized carbons (Fsp3) is 0.538. The number of benzene rings is 1. The highest BCUT2D eigenvalue weighted by molar-refractivity contribution is 5.95. The van der Waals surface area contributed by atoms with Crippen LogP contribution in [0.2, 0.25) is 0 Å². The first-order valence-electron chi connectivity index (χ1n) is 10.5. The van der Waals surface area contributed by atoms with Gasteiger partial charge >= 0.3 is 0 Å². The van der Waals surface area contributed by atoms with Crippen LogP contribution in [0.25, 0.3) is 0 Å². The second-order valence-corrected chi connectivity index (χ2v) is 10.1. The van der Waals surface area contributed by atoms with Crippen LogP contribution in [0, 0.1) is 0 Å². The Morgan fingerprint density at radius 1 is 1.10 bits per heavy atom. The number of hydrogen-bond donors (Lipinski definition) is 1. The molecule has 0 saturated heterocycles. The Bertz CT molecular complexity index is 857. The molecule has 4 nitrogen and oxygen atoms in total. The number of pyridine rings is 1. The van der Waals surface area contributed by atoms with Crippen molar-refractivity contribution in [3.63, 3.8) is 0 Å². The van der Waals surface area contributed by atoms with E-state index in [2.05, 4.69) is 64.0 Å². The lowest BCUT2D eigenvalue weighted by molar-refractivity contribution is -0.00108. The van der Waals surface area contributed by atoms with Crippen molar-refractivity contribution in [1.82, 2.24) is 10.3 Å². The maximum Gasteiger partial charge on any atom is 0.252 e. The first kappa shape index (κ1) is 24.1. The number of ether oxygens (including phenoxy) is 1. The van der Waals surface area contributed by atoms with Crippen LogP contribution in [0.1, 0.15) is 89.0 Å². The van der Waals surface area contributed by atoms with Crippen molar-refractivity contribution in [2.45, 2.75) is 84.8 Å². The smallest absolute Gasteiger partial charge is 0.252 e. The lowest BCUT2D eigenvalue weighted by atomic mass is 9.82. The van der Waals surface area contributed by atoms with E-state index in [1.165, 1.54) is 11.1 Å². The molecule has 0 aliphatic heterocycles. The number of aromatic nitrogens is 1. The number of carbonyl (C=O) groups excluding carboxylic acids is 1. The number of hydrogen-bond acceptors (Lipinski definition) is 3. The van der Waals surface area contributed by atoms with E-state index in [1.807, 2.05) is 24.3 Å². The number of nitrogens with zero attached hydrogens (tertiary/aromatic N) is 1. The molecule has 0 unspecified atom stereocenters. The van der Waals surface area contributed by atoms with E-state index in [1.54, 1.807) is 6.20 Å². The van der Waals surface area contributed by atoms with Crippen LogP contribution in [0.3, 0.4) is 0 Å². The monoisotopic (exact) mass is 410 g/mol. The zero-order chi connectivity index (χ0) is 21.3. The van der Waals surface area contributed by atoms with Crippen molar-refractivity contribution in [2.24, 2.45) is 0 Å². The predicted molar refractivity (Wildman–Crippen MR) is 124 cm³/mol. The fourth-order valence-electron chi connectivity index (χ4n) is 3.61. The van der Waals surface area contributed by atoms with Gasteiger partial charge in [0.2, 0.25) is 0 Å². The Kier molecular flexibility index (Phi) is 7.13. The van der Waals surface area contributed by atoms with Crippen molar-refractivity contribution in [2.75, 3.05) is 6.61 Å². The average molecular weight is 411 g/mol. The molecular weight excluding hydrogens is 372 g/mol. The molecule has 1 aliphatic carbocycles. The van der Waals surface area contributed by atoms with Gasteiger partial charge in [-0.2, -0.15) is 0 Å². The van der Waals surface area contributed by atoms with Gasteiger partial charge in [-0.15, -0.1) is 0 Å². The molecular formula is C26H38N2O2. The summed E-state index contributed by atoms with van der Waals surface area (Å²) in [6, 6.07) is 11.9. The molecule has 4 heteroatoms. The van der Waals surface area contributed by atoms with Gasteiger partial charge in [-0.3, -0.25) is 9.78 Å². The van der Waals surface area contributed by atoms with Crippen molar-refractivity contribution in [3.05, 3.63) is 65.0 Å². The molecule has 0 spiro atoms. The topological polar surface area (TPSA) is 51.2 Å². The molecule has 0 bridgehead atoms. The van der Waals surface area contributed by atoms with E-state index in [-0.39, 0.29) is 29.9 Å². The maximum absolute atomic E-state index is 13.0. The Balaban J connectivity index is 0.00000320. The molecule has 1 amide bonds. The zero-order valence-corrected chi connectivity index (χ0v) is 18.6. The van der Waals surface area contributed by atoms with Crippen LogP contribution in [0.4, 0.5) is 0 Å². The van der Waals surface area contributed by atoms with Gasteiger partial charge in [-0.25, -0.2) is 0 Å². The van der Waals surface area contributed by atoms with Crippen LogP contribution < -0.4 is 5.32 Å². The largest absolute Gasteiger partial charge is 0.376 e. The lowest BCUT2D eigenvalue weighted by Gasteiger charge is -2.25. The van der Waals surface area contributed by atoms with Gasteiger partial charge < -0.3 is 10.1 Å². The first-order valence-corrected chi connectivity index (χ1v) is 10.5. The van der Waals surface area contributed by atoms with Crippen LogP contribution in [0.5, 0.6) is 0 Å². The molecule has 0 atom stereocenters. The summed E-state index contributed by atoms with van der Waals surface area (Å²) in [6.45, 7) is 13.4. The van der Waals surface area contributed by atoms with E-state index in [9.17, 15) is 4.79 Å². The summed E-state index contributed by atoms with van der Waals surface area (Å²) >= 11 is 0. The molecule has 1 aliphatic rings. The van der Waals surface area contributed by atoms with Gasteiger partial charge in [0.05, 0.1) is 23.4 Å². The minimum atomic E-state index is -0.306. The molecule has 1 aromatic heterocycles. The van der Waals surface area contributed by atoms with Crippen molar-refractivity contribution in [1.29, 1.82) is 0 Å². The summed E-state index contributed by atoms with van der Waals surface area (Å²) in [5.74, 6) is -0.0313. The summed E-state index contributed by atoms with van der Waals surface area (Å²) in [5.41, 5.74) is 3.59. The summed E-state index contributed by atoms with van der Waals surface area (Å²) in [5, 5.41) is 3.24. The Morgan fingerprint density at radius 2 is 1.80 bits per heavy atom. The molecule has 0 radical (unpaired) electrons. The second kappa shape index (κ2) is 8.89. The molecule has 164 valence electrons. The second-order valence-electron chi connectivity index (χ2n) is 10.1. The molecule has 30 heavy (non-hydrogen) atoms. The lowest BCUT2D eigenvalue weighted by Crippen LogP contribution is -2.35. The van der Waals surface area contributed by atoms with E-state index in [0.717, 1.165) is 25.0 Å². The summed E-state index contributed by atoms with van der Waals surface area (Å²) in [7, 11) is 0. The number of rotatable bonds is 6. The van der Waals surface area contributed by atoms with Crippen molar-refractivity contribution in [3.8, 4) is 0 Å². The van der Waals surface area contributed by atoms with Crippen LogP contribution in [0.15, 0.2) is 42.6 Å². The van der Waals surface area contributed by atoms with E-state index < -0.39 is 0 Å². The Morgan fingerprint density at radius 3 is 2.33 bits per heavy atom. The summed E-state index contributed by atoms with van der Waals surface area (Å²) in [4.78, 5) is 17.5. The van der Waals surface area contributed by atoms with Gasteiger partial charge in [0.15, 0.2) is 0 Å². The van der Waals surface area contributed by atoms with Gasteiger partial charge in [0.1, 0.15) is 0 Å². The van der Waals surface area contributed by atoms with Gasteiger partial charge in [-0.1, -0.05) is 40.3 Å². The molecule has 1 heterocycles. The zero-order valence-electron chi connectivity index (χ0n) is 18.6. The fourth-order valence-corrected chi connectivity index (χ4v) is 3.61. The van der Waals surface area contributed by atoms with Crippen molar-refractivity contribution < 1.29 is 9.53 Å². The third-order valence-corrected chi connectivity index (χ3v) is 5.34. The SMILES string of the molecule is C.CC(C)(C)OCCc1ccc(C(=O)NC2(c3ccccn3)CC2)cc1C(C)(C)C. The van der Waals surface area contributed by atoms with Crippen molar-refractivity contribution >= 4 is 5.91 Å². The van der Waals surface area contributed by atoms with E-state index >= 15 is 0 Å². The van der Waals surface area contributed by atoms with Crippen LogP contribution in [-0.4, -0.2) is 23.1 Å². The maximum atomic E-state index is 13.0. The first-order chi connectivity index (χ1) is 13.5. The van der Waals surface area contributed by atoms with Gasteiger partial charge in [-0.05, 0) is 80.8 Å². The molecule has 1 fully saturated rings. The van der Waals surface area contributed by atoms with Gasteiger partial charge in [0, 0.05) is 11.8 Å². The summed E-state index contributed by atoms with van der Waals surface area (Å²) in [6.07, 6.45) is 4.49. The number of amides is 1. The molecule has 2 aromatic rings. The van der Waals surface area contributed by atoms with Crippen LogP contribution in [-0.2, 0) is 22.1 Å². The highest BCUT2D eigenvalue weighted by Crippen LogP contribution is 2.44. The Labute approximate surface area is 182 Å². The minimum absolute atomic E-state index is 0. The van der Waals surface area contributed by atoms with Gasteiger partial charge in [0.25, 0.3) is 5.91 Å². The van der Waals surface area contributed by atoms with Crippen LogP contribution >= 0.6 is 0 Å². The third-order valence-electron chi connectivity index (χ3n) is 5.34. The normalized spacial score (nSPS) is 15.3. The number of carbonyl (C=O) groups is 1. The molecule has 1 aromatic carbocycles. The molecule has 3 rings (SSSR count). The summed E-state index contributed by atoms with van der Waals surface area (Å²) < 4.78 is 5.92. The van der Waals surface area contributed by atoms with E-state index in [0.29, 0.717) is 12.2 Å². The highest BCUT2D eigenvalue weighted by Gasteiger charge is 2.47. The average Bonchev–Trinajstić information content (AvgIpc) is 3.41. The third kappa shape index (κ3) is 5.91. The molecule has 1 saturated carbocycles. The number of nitrogens with one attached hydrogen (secondary N) is 1. The highest BCUT2D eigenvalue weighted by atomic mass is 16.5. The quantitative estimate of drug-likeness (QED) is 0.655.